The highest BCUT2D eigenvalue weighted by molar-refractivity contribution is 5.72. The number of hydrogen-bond donors (Lipinski definition) is 0. The summed E-state index contributed by atoms with van der Waals surface area (Å²) in [5, 5.41) is 23.4. The van der Waals surface area contributed by atoms with Gasteiger partial charge in [0.2, 0.25) is 0 Å². The largest absolute Gasteiger partial charge is 0.285 e. The average Bonchev–Trinajstić information content (AvgIpc) is 3.27. The van der Waals surface area contributed by atoms with Crippen LogP contribution < -0.4 is 0 Å². The Morgan fingerprint density at radius 1 is 0.966 bits per heavy atom. The van der Waals surface area contributed by atoms with Gasteiger partial charge in [0.15, 0.2) is 11.5 Å². The number of nitrogens with zero attached hydrogens (tertiary/aromatic N) is 7. The van der Waals surface area contributed by atoms with Crippen molar-refractivity contribution in [1.82, 2.24) is 24.0 Å². The van der Waals surface area contributed by atoms with Crippen LogP contribution in [0.2, 0.25) is 0 Å². The van der Waals surface area contributed by atoms with E-state index in [1.54, 1.807) is 10.7 Å². The van der Waals surface area contributed by atoms with Gasteiger partial charge in [0, 0.05) is 23.4 Å². The molecule has 0 aromatic carbocycles. The molecule has 29 heavy (non-hydrogen) atoms. The van der Waals surface area contributed by atoms with Gasteiger partial charge in [-0.2, -0.15) is 15.6 Å². The summed E-state index contributed by atoms with van der Waals surface area (Å²) in [7, 11) is 0. The lowest BCUT2D eigenvalue weighted by Crippen LogP contribution is -2.07. The van der Waals surface area contributed by atoms with Crippen LogP contribution in [0.15, 0.2) is 24.5 Å². The number of fused-ring (bicyclic) bond motifs is 2. The van der Waals surface area contributed by atoms with E-state index in [-0.39, 0.29) is 11.8 Å². The van der Waals surface area contributed by atoms with Crippen molar-refractivity contribution >= 4 is 11.2 Å². The predicted octanol–water partition coefficient (Wildman–Crippen LogP) is 4.34. The minimum atomic E-state index is 0.156. The summed E-state index contributed by atoms with van der Waals surface area (Å²) in [6.07, 6.45) is 3.47. The molecule has 4 aromatic heterocycles. The van der Waals surface area contributed by atoms with E-state index >= 15 is 0 Å². The van der Waals surface area contributed by atoms with Gasteiger partial charge in [0.1, 0.15) is 18.0 Å². The highest BCUT2D eigenvalue weighted by Gasteiger charge is 2.20. The van der Waals surface area contributed by atoms with E-state index in [2.05, 4.69) is 44.9 Å². The molecule has 0 fully saturated rings. The molecule has 0 atom stereocenters. The van der Waals surface area contributed by atoms with E-state index in [9.17, 15) is 10.5 Å². The topological polar surface area (TPSA) is 95.1 Å². The molecule has 0 radical (unpaired) electrons. The van der Waals surface area contributed by atoms with Gasteiger partial charge in [-0.15, -0.1) is 0 Å². The molecule has 0 N–H and O–H groups in total. The van der Waals surface area contributed by atoms with Crippen molar-refractivity contribution in [3.63, 3.8) is 0 Å². The lowest BCUT2D eigenvalue weighted by atomic mass is 9.99. The quantitative estimate of drug-likeness (QED) is 0.524. The van der Waals surface area contributed by atoms with Crippen LogP contribution in [-0.4, -0.2) is 24.0 Å². The fraction of sp³-hybridized carbons (Fsp3) is 0.318. The SMILES string of the molecule is Cc1cc(C#N)c2nc(-c3cc4c(C(C)C)c(C#N)cnn4c3)nc(C(C)C)n12. The Morgan fingerprint density at radius 3 is 2.31 bits per heavy atom. The van der Waals surface area contributed by atoms with Gasteiger partial charge in [-0.05, 0) is 30.5 Å². The number of aromatic nitrogens is 5. The van der Waals surface area contributed by atoms with E-state index in [4.69, 9.17) is 9.97 Å². The minimum Gasteiger partial charge on any atom is -0.285 e. The summed E-state index contributed by atoms with van der Waals surface area (Å²) >= 11 is 0. The summed E-state index contributed by atoms with van der Waals surface area (Å²) in [5.74, 6) is 1.73. The van der Waals surface area contributed by atoms with Crippen molar-refractivity contribution < 1.29 is 0 Å². The summed E-state index contributed by atoms with van der Waals surface area (Å²) in [4.78, 5) is 9.54. The van der Waals surface area contributed by atoms with E-state index in [0.717, 1.165) is 28.2 Å². The molecule has 0 aliphatic heterocycles. The molecule has 0 saturated carbocycles. The van der Waals surface area contributed by atoms with Crippen molar-refractivity contribution in [2.45, 2.75) is 46.5 Å². The summed E-state index contributed by atoms with van der Waals surface area (Å²) in [6, 6.07) is 8.29. The monoisotopic (exact) mass is 383 g/mol. The van der Waals surface area contributed by atoms with Crippen LogP contribution in [0.4, 0.5) is 0 Å². The predicted molar refractivity (Wildman–Crippen MR) is 110 cm³/mol. The summed E-state index contributed by atoms with van der Waals surface area (Å²) in [5.41, 5.74) is 5.29. The van der Waals surface area contributed by atoms with Crippen LogP contribution in [0.25, 0.3) is 22.6 Å². The molecule has 0 bridgehead atoms. The number of nitriles is 2. The van der Waals surface area contributed by atoms with Gasteiger partial charge in [0.05, 0.1) is 22.8 Å². The Kier molecular flexibility index (Phi) is 4.32. The maximum atomic E-state index is 9.54. The van der Waals surface area contributed by atoms with Gasteiger partial charge >= 0.3 is 0 Å². The molecule has 0 aliphatic rings. The van der Waals surface area contributed by atoms with Gasteiger partial charge in [0.25, 0.3) is 0 Å². The molecule has 0 saturated heterocycles. The van der Waals surface area contributed by atoms with Crippen LogP contribution in [0.1, 0.15) is 67.7 Å². The molecule has 0 spiro atoms. The first kappa shape index (κ1) is 18.6. The Bertz CT molecular complexity index is 1340. The van der Waals surface area contributed by atoms with Gasteiger partial charge in [-0.3, -0.25) is 4.40 Å². The van der Waals surface area contributed by atoms with Crippen molar-refractivity contribution in [3.05, 3.63) is 52.7 Å². The third kappa shape index (κ3) is 2.83. The highest BCUT2D eigenvalue weighted by atomic mass is 15.2. The second-order valence-electron chi connectivity index (χ2n) is 7.83. The molecule has 7 heteroatoms. The van der Waals surface area contributed by atoms with Crippen molar-refractivity contribution in [2.75, 3.05) is 0 Å². The third-order valence-corrected chi connectivity index (χ3v) is 5.09. The lowest BCUT2D eigenvalue weighted by molar-refractivity contribution is 0.737. The molecule has 4 heterocycles. The zero-order valence-electron chi connectivity index (χ0n) is 17.1. The Balaban J connectivity index is 2.03. The van der Waals surface area contributed by atoms with E-state index in [1.807, 2.05) is 29.7 Å². The van der Waals surface area contributed by atoms with Crippen LogP contribution in [0.5, 0.6) is 0 Å². The maximum Gasteiger partial charge on any atom is 0.165 e. The summed E-state index contributed by atoms with van der Waals surface area (Å²) < 4.78 is 3.72. The van der Waals surface area contributed by atoms with Gasteiger partial charge < -0.3 is 0 Å². The van der Waals surface area contributed by atoms with Gasteiger partial charge in [-0.1, -0.05) is 27.7 Å². The summed E-state index contributed by atoms with van der Waals surface area (Å²) in [6.45, 7) is 10.2. The van der Waals surface area contributed by atoms with Gasteiger partial charge in [-0.25, -0.2) is 14.5 Å². The van der Waals surface area contributed by atoms with Crippen molar-refractivity contribution in [1.29, 1.82) is 10.5 Å². The fourth-order valence-corrected chi connectivity index (χ4v) is 3.80. The molecule has 0 unspecified atom stereocenters. The standard InChI is InChI=1S/C22H21N7/c1-12(2)19-17(9-24)10-25-28-11-16(7-18(19)28)20-26-21(13(3)4)29-14(5)6-15(8-23)22(29)27-20/h6-7,10-13H,1-5H3. The highest BCUT2D eigenvalue weighted by Crippen LogP contribution is 2.30. The number of hydrogen-bond acceptors (Lipinski definition) is 5. The number of aryl methyl sites for hydroxylation is 1. The first-order valence-corrected chi connectivity index (χ1v) is 9.57. The van der Waals surface area contributed by atoms with Crippen LogP contribution >= 0.6 is 0 Å². The fourth-order valence-electron chi connectivity index (χ4n) is 3.80. The first-order chi connectivity index (χ1) is 13.8. The zero-order valence-corrected chi connectivity index (χ0v) is 17.1. The third-order valence-electron chi connectivity index (χ3n) is 5.09. The first-order valence-electron chi connectivity index (χ1n) is 9.57. The molecule has 0 amide bonds. The maximum absolute atomic E-state index is 9.54. The normalized spacial score (nSPS) is 11.5. The molecule has 4 rings (SSSR count). The molecule has 0 aliphatic carbocycles. The van der Waals surface area contributed by atoms with Crippen LogP contribution in [-0.2, 0) is 0 Å². The molecule has 144 valence electrons. The second kappa shape index (κ2) is 6.72. The van der Waals surface area contributed by atoms with E-state index < -0.39 is 0 Å². The van der Waals surface area contributed by atoms with E-state index in [1.165, 1.54) is 0 Å². The molecular formula is C22H21N7. The lowest BCUT2D eigenvalue weighted by Gasteiger charge is -2.11. The smallest absolute Gasteiger partial charge is 0.165 e. The number of rotatable bonds is 3. The molecule has 7 nitrogen and oxygen atoms in total. The Morgan fingerprint density at radius 2 is 1.69 bits per heavy atom. The minimum absolute atomic E-state index is 0.156. The second-order valence-corrected chi connectivity index (χ2v) is 7.83. The van der Waals surface area contributed by atoms with Crippen LogP contribution in [0.3, 0.4) is 0 Å². The van der Waals surface area contributed by atoms with Crippen LogP contribution in [0, 0.1) is 29.6 Å². The van der Waals surface area contributed by atoms with E-state index in [0.29, 0.717) is 22.6 Å². The van der Waals surface area contributed by atoms with Crippen molar-refractivity contribution in [2.24, 2.45) is 0 Å². The Labute approximate surface area is 168 Å². The average molecular weight is 383 g/mol. The van der Waals surface area contributed by atoms with Crippen molar-refractivity contribution in [3.8, 4) is 23.5 Å². The molecular weight excluding hydrogens is 362 g/mol. The zero-order chi connectivity index (χ0) is 20.9. The Hall–Kier alpha value is -3.71. The molecule has 4 aromatic rings.